The SMILES string of the molecule is NC(=O)c1ccc(F)c2c1C[C@@H](N(CCCc1c[nH]c3c(F)cc(F)cc13)C1CCC1)CO2. The highest BCUT2D eigenvalue weighted by atomic mass is 19.1. The summed E-state index contributed by atoms with van der Waals surface area (Å²) in [6.45, 7) is 1.10. The molecule has 0 bridgehead atoms. The van der Waals surface area contributed by atoms with Crippen LogP contribution in [-0.2, 0) is 12.8 Å². The third-order valence-corrected chi connectivity index (χ3v) is 7.00. The molecule has 3 aromatic rings. The molecule has 0 spiro atoms. The number of carbonyl (C=O) groups excluding carboxylic acids is 1. The van der Waals surface area contributed by atoms with E-state index in [0.29, 0.717) is 47.5 Å². The number of rotatable bonds is 7. The van der Waals surface area contributed by atoms with Crippen molar-refractivity contribution in [3.8, 4) is 5.75 Å². The number of nitrogens with two attached hydrogens (primary N) is 1. The Morgan fingerprint density at radius 3 is 2.70 bits per heavy atom. The Hall–Kier alpha value is -3.00. The number of primary amides is 1. The Morgan fingerprint density at radius 1 is 1.15 bits per heavy atom. The van der Waals surface area contributed by atoms with Crippen LogP contribution in [0.5, 0.6) is 5.75 Å². The fraction of sp³-hybridized carbons (Fsp3) is 0.400. The average Bonchev–Trinajstić information content (AvgIpc) is 3.14. The first-order valence-corrected chi connectivity index (χ1v) is 11.4. The van der Waals surface area contributed by atoms with Crippen LogP contribution in [0.2, 0.25) is 0 Å². The molecule has 0 radical (unpaired) electrons. The second-order valence-electron chi connectivity index (χ2n) is 8.99. The topological polar surface area (TPSA) is 71.4 Å². The number of aromatic nitrogens is 1. The fourth-order valence-electron chi connectivity index (χ4n) is 5.13. The van der Waals surface area contributed by atoms with Crippen molar-refractivity contribution < 1.29 is 22.7 Å². The second-order valence-corrected chi connectivity index (χ2v) is 8.99. The minimum Gasteiger partial charge on any atom is -0.489 e. The first-order chi connectivity index (χ1) is 15.9. The number of carbonyl (C=O) groups is 1. The Balaban J connectivity index is 1.33. The van der Waals surface area contributed by atoms with Crippen LogP contribution in [0.1, 0.15) is 47.2 Å². The van der Waals surface area contributed by atoms with Crippen molar-refractivity contribution in [2.24, 2.45) is 5.73 Å². The number of hydrogen-bond acceptors (Lipinski definition) is 3. The number of H-pyrrole nitrogens is 1. The van der Waals surface area contributed by atoms with Crippen LogP contribution in [0.15, 0.2) is 30.5 Å². The smallest absolute Gasteiger partial charge is 0.249 e. The lowest BCUT2D eigenvalue weighted by Crippen LogP contribution is -2.51. The highest BCUT2D eigenvalue weighted by Gasteiger charge is 2.35. The van der Waals surface area contributed by atoms with Gasteiger partial charge in [0.05, 0.1) is 5.52 Å². The van der Waals surface area contributed by atoms with Crippen LogP contribution >= 0.6 is 0 Å². The van der Waals surface area contributed by atoms with Crippen molar-refractivity contribution in [1.82, 2.24) is 9.88 Å². The highest BCUT2D eigenvalue weighted by Crippen LogP contribution is 2.35. The Morgan fingerprint density at radius 2 is 1.97 bits per heavy atom. The molecule has 1 aromatic heterocycles. The molecule has 1 aliphatic heterocycles. The number of fused-ring (bicyclic) bond motifs is 2. The van der Waals surface area contributed by atoms with E-state index in [-0.39, 0.29) is 11.8 Å². The van der Waals surface area contributed by atoms with Crippen LogP contribution in [-0.4, -0.2) is 41.0 Å². The van der Waals surface area contributed by atoms with E-state index in [1.165, 1.54) is 18.2 Å². The maximum absolute atomic E-state index is 14.3. The van der Waals surface area contributed by atoms with Gasteiger partial charge >= 0.3 is 0 Å². The van der Waals surface area contributed by atoms with E-state index in [4.69, 9.17) is 10.5 Å². The molecule has 2 aliphatic rings. The van der Waals surface area contributed by atoms with Crippen molar-refractivity contribution in [3.63, 3.8) is 0 Å². The second kappa shape index (κ2) is 8.74. The number of aryl methyl sites for hydroxylation is 1. The maximum atomic E-state index is 14.3. The zero-order valence-corrected chi connectivity index (χ0v) is 18.2. The van der Waals surface area contributed by atoms with Crippen molar-refractivity contribution >= 4 is 16.8 Å². The summed E-state index contributed by atoms with van der Waals surface area (Å²) in [5.41, 5.74) is 7.55. The number of aromatic amines is 1. The molecule has 5 rings (SSSR count). The first-order valence-electron chi connectivity index (χ1n) is 11.4. The van der Waals surface area contributed by atoms with Crippen LogP contribution in [0.4, 0.5) is 13.2 Å². The summed E-state index contributed by atoms with van der Waals surface area (Å²) in [6.07, 6.45) is 7.01. The van der Waals surface area contributed by atoms with Gasteiger partial charge in [0.25, 0.3) is 0 Å². The van der Waals surface area contributed by atoms with Gasteiger partial charge in [-0.3, -0.25) is 9.69 Å². The number of hydrogen-bond donors (Lipinski definition) is 2. The first kappa shape index (κ1) is 21.8. The quantitative estimate of drug-likeness (QED) is 0.550. The van der Waals surface area contributed by atoms with Gasteiger partial charge in [-0.15, -0.1) is 0 Å². The summed E-state index contributed by atoms with van der Waals surface area (Å²) in [5, 5.41) is 0.569. The molecule has 8 heteroatoms. The molecule has 5 nitrogen and oxygen atoms in total. The highest BCUT2D eigenvalue weighted by molar-refractivity contribution is 5.95. The van der Waals surface area contributed by atoms with Crippen LogP contribution < -0.4 is 10.5 Å². The predicted molar refractivity (Wildman–Crippen MR) is 119 cm³/mol. The van der Waals surface area contributed by atoms with E-state index >= 15 is 0 Å². The molecule has 1 amide bonds. The third kappa shape index (κ3) is 4.08. The van der Waals surface area contributed by atoms with Gasteiger partial charge in [-0.2, -0.15) is 0 Å². The summed E-state index contributed by atoms with van der Waals surface area (Å²) >= 11 is 0. The summed E-state index contributed by atoms with van der Waals surface area (Å²) in [7, 11) is 0. The van der Waals surface area contributed by atoms with E-state index in [1.807, 2.05) is 0 Å². The van der Waals surface area contributed by atoms with Gasteiger partial charge in [-0.05, 0) is 62.4 Å². The normalized spacial score (nSPS) is 18.2. The summed E-state index contributed by atoms with van der Waals surface area (Å²) in [4.78, 5) is 17.2. The lowest BCUT2D eigenvalue weighted by molar-refractivity contribution is 0.0421. The van der Waals surface area contributed by atoms with Crippen LogP contribution in [0.25, 0.3) is 10.9 Å². The van der Waals surface area contributed by atoms with Gasteiger partial charge in [0.15, 0.2) is 11.6 Å². The lowest BCUT2D eigenvalue weighted by atomic mass is 9.87. The molecule has 2 heterocycles. The number of nitrogens with zero attached hydrogens (tertiary/aromatic N) is 1. The number of nitrogens with one attached hydrogen (secondary N) is 1. The Bertz CT molecular complexity index is 1210. The predicted octanol–water partition coefficient (Wildman–Crippen LogP) is 4.47. The molecule has 0 unspecified atom stereocenters. The minimum atomic E-state index is -0.595. The molecule has 1 aliphatic carbocycles. The lowest BCUT2D eigenvalue weighted by Gasteiger charge is -2.44. The number of benzene rings is 2. The zero-order chi connectivity index (χ0) is 23.1. The molecule has 1 fully saturated rings. The summed E-state index contributed by atoms with van der Waals surface area (Å²) in [6, 6.07) is 5.29. The largest absolute Gasteiger partial charge is 0.489 e. The van der Waals surface area contributed by atoms with Crippen LogP contribution in [0.3, 0.4) is 0 Å². The van der Waals surface area contributed by atoms with Gasteiger partial charge in [0.2, 0.25) is 5.91 Å². The third-order valence-electron chi connectivity index (χ3n) is 7.00. The number of halogens is 3. The molecule has 3 N–H and O–H groups in total. The van der Waals surface area contributed by atoms with Gasteiger partial charge < -0.3 is 15.5 Å². The zero-order valence-electron chi connectivity index (χ0n) is 18.2. The molecule has 1 atom stereocenters. The van der Waals surface area contributed by atoms with Crippen LogP contribution in [0, 0.1) is 17.5 Å². The Kier molecular flexibility index (Phi) is 5.78. The Labute approximate surface area is 189 Å². The maximum Gasteiger partial charge on any atom is 0.249 e. The van der Waals surface area contributed by atoms with Crippen molar-refractivity contribution in [2.75, 3.05) is 13.2 Å². The monoisotopic (exact) mass is 457 g/mol. The standard InChI is InChI=1S/C25H26F3N3O2/c26-15-9-19-14(12-30-23(19)22(28)10-15)3-2-8-31(16-4-1-5-16)17-11-20-18(25(29)32)6-7-21(27)24(20)33-13-17/h6-7,9-10,12,16-17,30H,1-5,8,11,13H2,(H2,29,32)/t17-/m1/s1. The van der Waals surface area contributed by atoms with E-state index < -0.39 is 23.4 Å². The number of amides is 1. The molecule has 174 valence electrons. The van der Waals surface area contributed by atoms with E-state index in [1.54, 1.807) is 6.20 Å². The van der Waals surface area contributed by atoms with E-state index in [0.717, 1.165) is 43.9 Å². The van der Waals surface area contributed by atoms with Gasteiger partial charge in [-0.1, -0.05) is 6.42 Å². The molecule has 33 heavy (non-hydrogen) atoms. The van der Waals surface area contributed by atoms with Gasteiger partial charge in [0, 0.05) is 40.9 Å². The number of ether oxygens (including phenoxy) is 1. The van der Waals surface area contributed by atoms with Gasteiger partial charge in [-0.25, -0.2) is 13.2 Å². The summed E-state index contributed by atoms with van der Waals surface area (Å²) in [5.74, 6) is -2.14. The van der Waals surface area contributed by atoms with Gasteiger partial charge in [0.1, 0.15) is 18.2 Å². The summed E-state index contributed by atoms with van der Waals surface area (Å²) < 4.78 is 47.8. The minimum absolute atomic E-state index is 0.000516. The van der Waals surface area contributed by atoms with E-state index in [2.05, 4.69) is 9.88 Å². The molecule has 0 saturated heterocycles. The molecular weight excluding hydrogens is 431 g/mol. The van der Waals surface area contributed by atoms with Crippen molar-refractivity contribution in [2.45, 2.75) is 50.6 Å². The molecule has 1 saturated carbocycles. The van der Waals surface area contributed by atoms with Crippen molar-refractivity contribution in [3.05, 3.63) is 64.6 Å². The van der Waals surface area contributed by atoms with Crippen molar-refractivity contribution in [1.29, 1.82) is 0 Å². The van der Waals surface area contributed by atoms with E-state index in [9.17, 15) is 18.0 Å². The fourth-order valence-corrected chi connectivity index (χ4v) is 5.13. The molecule has 2 aromatic carbocycles. The molecular formula is C25H26F3N3O2. The average molecular weight is 457 g/mol.